The summed E-state index contributed by atoms with van der Waals surface area (Å²) in [6.45, 7) is 0. The first-order chi connectivity index (χ1) is 32.7. The Morgan fingerprint density at radius 3 is 1.38 bits per heavy atom. The summed E-state index contributed by atoms with van der Waals surface area (Å²) >= 11 is 3.77. The van der Waals surface area contributed by atoms with Gasteiger partial charge in [-0.2, -0.15) is 0 Å². The number of para-hydroxylation sites is 2. The van der Waals surface area contributed by atoms with Crippen molar-refractivity contribution in [2.45, 2.75) is 30.4 Å². The lowest BCUT2D eigenvalue weighted by Gasteiger charge is -2.40. The van der Waals surface area contributed by atoms with Crippen LogP contribution in [0.25, 0.3) is 44.2 Å². The topological polar surface area (TPSA) is 16.4 Å². The Balaban J connectivity index is 1.02. The standard InChI is InChI=1S/C62H37NOS2/c1-4-20-46-40(16-1)42-34-32-39(37-53(42)62(46)51-24-8-13-30-58(51)66-59-31-14-9-25-52(59)62)63(54-26-15-19-44-43-18-3-10-27-55(43)64-60(44)54)38-33-35-48-45(36-38)41-17-2-5-21-47(41)61(48)49-22-6-11-28-56(49)65-57-29-12-7-23-50(57)61/h1-37H. The van der Waals surface area contributed by atoms with Crippen LogP contribution in [-0.4, -0.2) is 0 Å². The van der Waals surface area contributed by atoms with Gasteiger partial charge in [-0.3, -0.25) is 0 Å². The molecular weight excluding hydrogens is 839 g/mol. The fraction of sp³-hybridized carbons (Fsp3) is 0.0323. The third-order valence-corrected chi connectivity index (χ3v) is 17.1. The van der Waals surface area contributed by atoms with Crippen LogP contribution in [-0.2, 0) is 10.8 Å². The minimum Gasteiger partial charge on any atom is -0.454 e. The zero-order chi connectivity index (χ0) is 43.1. The smallest absolute Gasteiger partial charge is 0.159 e. The quantitative estimate of drug-likeness (QED) is 0.176. The lowest BCUT2D eigenvalue weighted by Crippen LogP contribution is -2.32. The lowest BCUT2D eigenvalue weighted by atomic mass is 9.67. The Morgan fingerprint density at radius 1 is 0.318 bits per heavy atom. The summed E-state index contributed by atoms with van der Waals surface area (Å²) in [5, 5.41) is 2.21. The third-order valence-electron chi connectivity index (χ3n) is 14.8. The SMILES string of the molecule is c1ccc2c(c1)Sc1ccccc1C21c2ccccc2-c2cc(N(c3ccc4c(c3)C3(c5ccccc5Sc5ccccc53)c3ccccc3-4)c3cccc4c3oc3ccccc34)ccc21. The van der Waals surface area contributed by atoms with Gasteiger partial charge in [0.1, 0.15) is 5.58 Å². The van der Waals surface area contributed by atoms with Crippen molar-refractivity contribution in [3.63, 3.8) is 0 Å². The van der Waals surface area contributed by atoms with E-state index in [-0.39, 0.29) is 0 Å². The van der Waals surface area contributed by atoms with Gasteiger partial charge in [0.2, 0.25) is 0 Å². The van der Waals surface area contributed by atoms with E-state index in [1.807, 2.05) is 23.5 Å². The number of fused-ring (bicyclic) bond motifs is 21. The van der Waals surface area contributed by atoms with E-state index in [1.54, 1.807) is 0 Å². The van der Waals surface area contributed by atoms with Gasteiger partial charge in [-0.1, -0.05) is 187 Å². The molecule has 66 heavy (non-hydrogen) atoms. The van der Waals surface area contributed by atoms with Crippen molar-refractivity contribution in [3.8, 4) is 22.3 Å². The van der Waals surface area contributed by atoms with Crippen molar-refractivity contribution in [2.75, 3.05) is 4.90 Å². The molecule has 1 aromatic heterocycles. The number of hydrogen-bond acceptors (Lipinski definition) is 4. The summed E-state index contributed by atoms with van der Waals surface area (Å²) in [6, 6.07) is 83.8. The molecule has 2 aliphatic carbocycles. The molecule has 2 nitrogen and oxygen atoms in total. The molecular formula is C62H37NOS2. The molecule has 0 unspecified atom stereocenters. The first-order valence-electron chi connectivity index (χ1n) is 22.7. The molecule has 10 aromatic carbocycles. The largest absolute Gasteiger partial charge is 0.454 e. The summed E-state index contributed by atoms with van der Waals surface area (Å²) in [5.41, 5.74) is 19.6. The highest BCUT2D eigenvalue weighted by atomic mass is 32.2. The monoisotopic (exact) mass is 875 g/mol. The van der Waals surface area contributed by atoms with Gasteiger partial charge in [0, 0.05) is 41.7 Å². The van der Waals surface area contributed by atoms with E-state index in [0.717, 1.165) is 39.0 Å². The third kappa shape index (κ3) is 4.65. The van der Waals surface area contributed by atoms with Crippen LogP contribution in [0.15, 0.2) is 248 Å². The van der Waals surface area contributed by atoms with Crippen LogP contribution in [0.5, 0.6) is 0 Å². The summed E-state index contributed by atoms with van der Waals surface area (Å²) < 4.78 is 6.92. The molecule has 0 amide bonds. The Bertz CT molecular complexity index is 3790. The molecule has 0 N–H and O–H groups in total. The van der Waals surface area contributed by atoms with Gasteiger partial charge in [-0.25, -0.2) is 0 Å². The highest BCUT2D eigenvalue weighted by Gasteiger charge is 2.52. The van der Waals surface area contributed by atoms with Crippen molar-refractivity contribution in [3.05, 3.63) is 269 Å². The zero-order valence-electron chi connectivity index (χ0n) is 35.5. The predicted octanol–water partition coefficient (Wildman–Crippen LogP) is 16.7. The second-order valence-corrected chi connectivity index (χ2v) is 20.0. The van der Waals surface area contributed by atoms with E-state index >= 15 is 0 Å². The fourth-order valence-electron chi connectivity index (χ4n) is 12.3. The van der Waals surface area contributed by atoms with E-state index in [2.05, 4.69) is 229 Å². The Labute approximate surface area is 391 Å². The van der Waals surface area contributed by atoms with Gasteiger partial charge in [0.05, 0.1) is 16.5 Å². The van der Waals surface area contributed by atoms with Gasteiger partial charge in [0.25, 0.3) is 0 Å². The summed E-state index contributed by atoms with van der Waals surface area (Å²) in [6.07, 6.45) is 0. The van der Waals surface area contributed by atoms with Crippen molar-refractivity contribution in [1.82, 2.24) is 0 Å². The van der Waals surface area contributed by atoms with E-state index in [4.69, 9.17) is 4.42 Å². The number of anilines is 3. The first-order valence-corrected chi connectivity index (χ1v) is 24.3. The second kappa shape index (κ2) is 13.5. The first kappa shape index (κ1) is 36.8. The van der Waals surface area contributed by atoms with Crippen LogP contribution in [0.2, 0.25) is 0 Å². The minimum absolute atomic E-state index is 0.460. The highest BCUT2D eigenvalue weighted by Crippen LogP contribution is 2.65. The van der Waals surface area contributed by atoms with Gasteiger partial charge in [-0.05, 0) is 127 Å². The zero-order valence-corrected chi connectivity index (χ0v) is 37.2. The van der Waals surface area contributed by atoms with E-state index in [1.165, 1.54) is 86.3 Å². The average Bonchev–Trinajstić information content (AvgIpc) is 4.00. The molecule has 308 valence electrons. The average molecular weight is 876 g/mol. The van der Waals surface area contributed by atoms with Crippen molar-refractivity contribution in [2.24, 2.45) is 0 Å². The van der Waals surface area contributed by atoms with Gasteiger partial charge < -0.3 is 9.32 Å². The number of furan rings is 1. The molecule has 0 bridgehead atoms. The molecule has 11 aromatic rings. The van der Waals surface area contributed by atoms with E-state index in [0.29, 0.717) is 0 Å². The lowest BCUT2D eigenvalue weighted by molar-refractivity contribution is 0.669. The second-order valence-electron chi connectivity index (χ2n) is 17.8. The highest BCUT2D eigenvalue weighted by molar-refractivity contribution is 7.99. The molecule has 4 aliphatic rings. The van der Waals surface area contributed by atoms with E-state index < -0.39 is 10.8 Å². The maximum absolute atomic E-state index is 6.92. The van der Waals surface area contributed by atoms with Crippen LogP contribution >= 0.6 is 23.5 Å². The molecule has 0 saturated heterocycles. The fourth-order valence-corrected chi connectivity index (χ4v) is 14.7. The normalized spacial score (nSPS) is 14.8. The summed E-state index contributed by atoms with van der Waals surface area (Å²) in [5.74, 6) is 0. The molecule has 0 saturated carbocycles. The molecule has 2 aliphatic heterocycles. The molecule has 0 fully saturated rings. The maximum Gasteiger partial charge on any atom is 0.159 e. The molecule has 3 heterocycles. The molecule has 15 rings (SSSR count). The van der Waals surface area contributed by atoms with Crippen LogP contribution in [0.1, 0.15) is 44.5 Å². The maximum atomic E-state index is 6.92. The van der Waals surface area contributed by atoms with Crippen LogP contribution < -0.4 is 4.90 Å². The van der Waals surface area contributed by atoms with Crippen LogP contribution in [0, 0.1) is 0 Å². The predicted molar refractivity (Wildman–Crippen MR) is 271 cm³/mol. The molecule has 4 heteroatoms. The molecule has 2 spiro atoms. The van der Waals surface area contributed by atoms with E-state index in [9.17, 15) is 0 Å². The summed E-state index contributed by atoms with van der Waals surface area (Å²) in [7, 11) is 0. The number of rotatable bonds is 3. The number of nitrogens with zero attached hydrogens (tertiary/aromatic N) is 1. The molecule has 0 atom stereocenters. The Hall–Kier alpha value is -7.50. The number of hydrogen-bond donors (Lipinski definition) is 0. The Morgan fingerprint density at radius 2 is 0.758 bits per heavy atom. The van der Waals surface area contributed by atoms with Gasteiger partial charge >= 0.3 is 0 Å². The van der Waals surface area contributed by atoms with Crippen LogP contribution in [0.4, 0.5) is 17.1 Å². The van der Waals surface area contributed by atoms with Gasteiger partial charge in [-0.15, -0.1) is 0 Å². The van der Waals surface area contributed by atoms with Crippen LogP contribution in [0.3, 0.4) is 0 Å². The van der Waals surface area contributed by atoms with Crippen molar-refractivity contribution >= 4 is 62.5 Å². The summed E-state index contributed by atoms with van der Waals surface area (Å²) in [4.78, 5) is 7.66. The minimum atomic E-state index is -0.513. The molecule has 0 radical (unpaired) electrons. The number of benzene rings is 10. The van der Waals surface area contributed by atoms with Crippen molar-refractivity contribution < 1.29 is 4.42 Å². The van der Waals surface area contributed by atoms with Crippen molar-refractivity contribution in [1.29, 1.82) is 0 Å². The Kier molecular flexibility index (Phi) is 7.54. The van der Waals surface area contributed by atoms with Gasteiger partial charge in [0.15, 0.2) is 5.58 Å².